The maximum absolute atomic E-state index is 13.1. The third-order valence-corrected chi connectivity index (χ3v) is 6.62. The zero-order chi connectivity index (χ0) is 27.3. The molecule has 0 bridgehead atoms. The van der Waals surface area contributed by atoms with Crippen molar-refractivity contribution in [3.8, 4) is 5.75 Å². The van der Waals surface area contributed by atoms with Gasteiger partial charge in [0.2, 0.25) is 0 Å². The van der Waals surface area contributed by atoms with Gasteiger partial charge in [-0.25, -0.2) is 9.78 Å². The number of ether oxygens (including phenoxy) is 2. The molecule has 0 N–H and O–H groups in total. The van der Waals surface area contributed by atoms with E-state index in [9.17, 15) is 18.0 Å². The molecule has 1 amide bonds. The van der Waals surface area contributed by atoms with Crippen LogP contribution in [-0.2, 0) is 27.0 Å². The summed E-state index contributed by atoms with van der Waals surface area (Å²) in [4.78, 5) is 36.6. The van der Waals surface area contributed by atoms with Crippen LogP contribution in [0.25, 0.3) is 10.9 Å². The molecule has 3 heterocycles. The normalized spacial score (nSPS) is 17.1. The number of pyridine rings is 1. The summed E-state index contributed by atoms with van der Waals surface area (Å²) in [5.74, 6) is 0.350. The van der Waals surface area contributed by atoms with E-state index in [-0.39, 0.29) is 17.8 Å². The molecule has 8 nitrogen and oxygen atoms in total. The van der Waals surface area contributed by atoms with Crippen molar-refractivity contribution < 1.29 is 37.0 Å². The molecule has 2 fully saturated rings. The minimum Gasteiger partial charge on any atom is -0.492 e. The van der Waals surface area contributed by atoms with Crippen molar-refractivity contribution in [2.75, 3.05) is 31.1 Å². The number of rotatable bonds is 5. The summed E-state index contributed by atoms with van der Waals surface area (Å²) in [6.07, 6.45) is -3.15. The largest absolute Gasteiger partial charge is 0.492 e. The Morgan fingerprint density at radius 1 is 1.08 bits per heavy atom. The second-order valence-electron chi connectivity index (χ2n) is 9.13. The Labute approximate surface area is 216 Å². The van der Waals surface area contributed by atoms with E-state index in [4.69, 9.17) is 19.1 Å². The number of carbonyl (C=O) groups is 1. The number of benzene rings is 2. The van der Waals surface area contributed by atoms with E-state index in [0.29, 0.717) is 43.7 Å². The van der Waals surface area contributed by atoms with Gasteiger partial charge in [-0.2, -0.15) is 22.8 Å². The molecule has 0 unspecified atom stereocenters. The fourth-order valence-corrected chi connectivity index (χ4v) is 4.84. The average Bonchev–Trinajstić information content (AvgIpc) is 3.21. The summed E-state index contributed by atoms with van der Waals surface area (Å²) >= 11 is 0. The predicted octanol–water partition coefficient (Wildman–Crippen LogP) is 5.06. The van der Waals surface area contributed by atoms with E-state index in [1.165, 1.54) is 6.07 Å². The van der Waals surface area contributed by atoms with Crippen molar-refractivity contribution in [3.05, 3.63) is 65.9 Å². The van der Waals surface area contributed by atoms with Gasteiger partial charge in [-0.3, -0.25) is 9.80 Å². The Hall–Kier alpha value is -3.95. The molecule has 2 saturated heterocycles. The average molecular weight is 530 g/mol. The fourth-order valence-electron chi connectivity index (χ4n) is 4.84. The van der Waals surface area contributed by atoms with Crippen LogP contribution >= 0.6 is 0 Å². The summed E-state index contributed by atoms with van der Waals surface area (Å²) < 4.78 is 50.9. The van der Waals surface area contributed by atoms with Gasteiger partial charge in [0.15, 0.2) is 0 Å². The highest BCUT2D eigenvalue weighted by Crippen LogP contribution is 2.37. The molecule has 38 heavy (non-hydrogen) atoms. The Morgan fingerprint density at radius 3 is 2.39 bits per heavy atom. The number of anilines is 1. The van der Waals surface area contributed by atoms with E-state index in [1.54, 1.807) is 17.9 Å². The number of alkyl halides is 3. The standard InChI is InChI=1S/C26H26F3N3O3.CO2/c1-2-34-21-15-18(14-19-8-9-22(26(27,28)29)30-23(19)21)16-31-12-10-25(11-13-31)17-32(24(33)35-25)20-6-4-3-5-7-20;2-1-3/h3-9,14-15H,2,10-13,16-17H2,1H3;. The van der Waals surface area contributed by atoms with Gasteiger partial charge in [0.05, 0.1) is 13.2 Å². The third kappa shape index (κ3) is 5.95. The number of halogens is 3. The van der Waals surface area contributed by atoms with E-state index in [0.717, 1.165) is 30.4 Å². The smallest absolute Gasteiger partial charge is 0.433 e. The molecule has 0 saturated carbocycles. The minimum absolute atomic E-state index is 0.210. The maximum Gasteiger partial charge on any atom is 0.433 e. The highest BCUT2D eigenvalue weighted by atomic mass is 19.4. The molecule has 0 radical (unpaired) electrons. The van der Waals surface area contributed by atoms with Gasteiger partial charge in [0.25, 0.3) is 0 Å². The summed E-state index contributed by atoms with van der Waals surface area (Å²) in [5.41, 5.74) is 0.547. The molecule has 5 rings (SSSR count). The summed E-state index contributed by atoms with van der Waals surface area (Å²) in [6, 6.07) is 15.6. The number of carbonyl (C=O) groups excluding carboxylic acids is 3. The topological polar surface area (TPSA) is 89.0 Å². The SMILES string of the molecule is CCOc1cc(CN2CCC3(CC2)CN(c2ccccc2)C(=O)O3)cc2ccc(C(F)(F)F)nc12.O=C=O. The van der Waals surface area contributed by atoms with Gasteiger partial charge in [-0.05, 0) is 42.8 Å². The zero-order valence-corrected chi connectivity index (χ0v) is 20.7. The number of nitrogens with zero attached hydrogens (tertiary/aromatic N) is 3. The lowest BCUT2D eigenvalue weighted by molar-refractivity contribution is -0.191. The first-order valence-electron chi connectivity index (χ1n) is 12.1. The minimum atomic E-state index is -4.51. The number of fused-ring (bicyclic) bond motifs is 1. The second-order valence-corrected chi connectivity index (χ2v) is 9.13. The predicted molar refractivity (Wildman–Crippen MR) is 130 cm³/mol. The molecule has 11 heteroatoms. The Bertz CT molecular complexity index is 1320. The lowest BCUT2D eigenvalue weighted by Crippen LogP contribution is -2.46. The Kier molecular flexibility index (Phi) is 7.99. The van der Waals surface area contributed by atoms with Crippen LogP contribution in [0, 0.1) is 0 Å². The molecule has 2 aliphatic heterocycles. The molecule has 200 valence electrons. The molecule has 0 aliphatic carbocycles. The molecule has 1 aromatic heterocycles. The van der Waals surface area contributed by atoms with Gasteiger partial charge in [0.1, 0.15) is 22.6 Å². The van der Waals surface area contributed by atoms with Crippen molar-refractivity contribution >= 4 is 28.8 Å². The summed E-state index contributed by atoms with van der Waals surface area (Å²) in [7, 11) is 0. The molecule has 3 aromatic rings. The van der Waals surface area contributed by atoms with Crippen LogP contribution in [0.5, 0.6) is 5.75 Å². The van der Waals surface area contributed by atoms with Crippen molar-refractivity contribution in [1.82, 2.24) is 9.88 Å². The quantitative estimate of drug-likeness (QED) is 0.457. The number of hydrogen-bond donors (Lipinski definition) is 0. The molecule has 2 aromatic carbocycles. The van der Waals surface area contributed by atoms with Crippen molar-refractivity contribution in [2.24, 2.45) is 0 Å². The van der Waals surface area contributed by atoms with Crippen LogP contribution in [0.2, 0.25) is 0 Å². The third-order valence-electron chi connectivity index (χ3n) is 6.62. The van der Waals surface area contributed by atoms with E-state index in [2.05, 4.69) is 9.88 Å². The van der Waals surface area contributed by atoms with Crippen LogP contribution in [0.4, 0.5) is 23.7 Å². The molecule has 2 aliphatic rings. The first-order chi connectivity index (χ1) is 18.2. The van der Waals surface area contributed by atoms with Crippen LogP contribution < -0.4 is 9.64 Å². The van der Waals surface area contributed by atoms with E-state index < -0.39 is 17.5 Å². The van der Waals surface area contributed by atoms with Crippen LogP contribution in [0.1, 0.15) is 31.0 Å². The van der Waals surface area contributed by atoms with Crippen molar-refractivity contribution in [1.29, 1.82) is 0 Å². The Morgan fingerprint density at radius 2 is 1.76 bits per heavy atom. The van der Waals surface area contributed by atoms with Crippen LogP contribution in [-0.4, -0.2) is 54.0 Å². The number of aromatic nitrogens is 1. The van der Waals surface area contributed by atoms with Gasteiger partial charge >= 0.3 is 18.4 Å². The zero-order valence-electron chi connectivity index (χ0n) is 20.7. The summed E-state index contributed by atoms with van der Waals surface area (Å²) in [5, 5.41) is 0.607. The highest BCUT2D eigenvalue weighted by molar-refractivity contribution is 5.90. The molecular weight excluding hydrogens is 503 g/mol. The number of piperidine rings is 1. The van der Waals surface area contributed by atoms with Crippen molar-refractivity contribution in [2.45, 2.75) is 38.1 Å². The van der Waals surface area contributed by atoms with Gasteiger partial charge in [-0.1, -0.05) is 24.3 Å². The maximum atomic E-state index is 13.1. The van der Waals surface area contributed by atoms with Gasteiger partial charge in [-0.15, -0.1) is 0 Å². The lowest BCUT2D eigenvalue weighted by atomic mass is 9.91. The molecule has 1 spiro atoms. The first-order valence-corrected chi connectivity index (χ1v) is 12.1. The van der Waals surface area contributed by atoms with Crippen molar-refractivity contribution in [3.63, 3.8) is 0 Å². The van der Waals surface area contributed by atoms with Crippen LogP contribution in [0.15, 0.2) is 54.6 Å². The Balaban J connectivity index is 0.00000107. The highest BCUT2D eigenvalue weighted by Gasteiger charge is 2.47. The number of hydrogen-bond acceptors (Lipinski definition) is 7. The number of amides is 1. The van der Waals surface area contributed by atoms with E-state index >= 15 is 0 Å². The monoisotopic (exact) mass is 529 g/mol. The first kappa shape index (κ1) is 27.1. The molecule has 0 atom stereocenters. The van der Waals surface area contributed by atoms with Gasteiger partial charge < -0.3 is 9.47 Å². The van der Waals surface area contributed by atoms with Gasteiger partial charge in [0, 0.05) is 43.5 Å². The van der Waals surface area contributed by atoms with Crippen LogP contribution in [0.3, 0.4) is 0 Å². The second kappa shape index (κ2) is 11.2. The number of para-hydroxylation sites is 1. The van der Waals surface area contributed by atoms with E-state index in [1.807, 2.05) is 36.4 Å². The number of likely N-dealkylation sites (tertiary alicyclic amines) is 1. The lowest BCUT2D eigenvalue weighted by Gasteiger charge is -2.37. The summed E-state index contributed by atoms with van der Waals surface area (Å²) in [6.45, 7) is 4.74. The molecular formula is C27H26F3N3O5. The fraction of sp³-hybridized carbons (Fsp3) is 0.370.